The Kier molecular flexibility index (Phi) is 7.26. The van der Waals surface area contributed by atoms with Crippen molar-refractivity contribution in [2.24, 2.45) is 0 Å². The summed E-state index contributed by atoms with van der Waals surface area (Å²) in [6.07, 6.45) is 0. The van der Waals surface area contributed by atoms with E-state index >= 15 is 0 Å². The van der Waals surface area contributed by atoms with Crippen LogP contribution in [0.15, 0.2) is 102 Å². The molecule has 29 heavy (non-hydrogen) atoms. The molecular formula is C27H26BrN. The van der Waals surface area contributed by atoms with Crippen LogP contribution in [-0.4, -0.2) is 0 Å². The van der Waals surface area contributed by atoms with Gasteiger partial charge in [0.2, 0.25) is 0 Å². The van der Waals surface area contributed by atoms with Gasteiger partial charge in [0.05, 0.1) is 0 Å². The molecule has 0 heterocycles. The van der Waals surface area contributed by atoms with Gasteiger partial charge in [-0.05, 0) is 68.3 Å². The molecule has 0 atom stereocenters. The van der Waals surface area contributed by atoms with Crippen molar-refractivity contribution in [1.29, 1.82) is 0 Å². The lowest BCUT2D eigenvalue weighted by molar-refractivity contribution is 1.43. The van der Waals surface area contributed by atoms with E-state index in [1.165, 1.54) is 27.8 Å². The van der Waals surface area contributed by atoms with E-state index in [1.807, 2.05) is 0 Å². The first-order valence-corrected chi connectivity index (χ1v) is 10.5. The first kappa shape index (κ1) is 20.9. The number of halogens is 1. The summed E-state index contributed by atoms with van der Waals surface area (Å²) in [5.74, 6) is 0. The molecule has 0 saturated heterocycles. The molecule has 1 nitrogen and oxygen atoms in total. The minimum Gasteiger partial charge on any atom is -0.356 e. The topological polar surface area (TPSA) is 12.0 Å². The Morgan fingerprint density at radius 1 is 0.448 bits per heavy atom. The molecule has 0 aliphatic carbocycles. The molecule has 0 fully saturated rings. The predicted molar refractivity (Wildman–Crippen MR) is 130 cm³/mol. The van der Waals surface area contributed by atoms with E-state index < -0.39 is 0 Å². The number of anilines is 2. The van der Waals surface area contributed by atoms with Crippen LogP contribution in [0.5, 0.6) is 0 Å². The Labute approximate surface area is 182 Å². The van der Waals surface area contributed by atoms with Crippen molar-refractivity contribution in [2.75, 3.05) is 5.32 Å². The average molecular weight is 444 g/mol. The van der Waals surface area contributed by atoms with Crippen LogP contribution in [-0.2, 0) is 0 Å². The molecule has 4 aromatic carbocycles. The van der Waals surface area contributed by atoms with E-state index in [4.69, 9.17) is 0 Å². The minimum absolute atomic E-state index is 1.12. The lowest BCUT2D eigenvalue weighted by Gasteiger charge is -2.06. The first-order chi connectivity index (χ1) is 14.0. The summed E-state index contributed by atoms with van der Waals surface area (Å²) in [5, 5.41) is 3.36. The van der Waals surface area contributed by atoms with Crippen molar-refractivity contribution in [3.8, 4) is 11.1 Å². The number of hydrogen-bond acceptors (Lipinski definition) is 1. The van der Waals surface area contributed by atoms with E-state index in [9.17, 15) is 0 Å². The van der Waals surface area contributed by atoms with Crippen LogP contribution in [0, 0.1) is 20.8 Å². The van der Waals surface area contributed by atoms with Crippen LogP contribution >= 0.6 is 15.9 Å². The number of hydrogen-bond donors (Lipinski definition) is 1. The molecule has 0 bridgehead atoms. The van der Waals surface area contributed by atoms with Crippen LogP contribution in [0.4, 0.5) is 11.4 Å². The molecule has 0 saturated carbocycles. The van der Waals surface area contributed by atoms with Crippen LogP contribution in [0.3, 0.4) is 0 Å². The third-order valence-electron chi connectivity index (χ3n) is 4.62. The molecule has 0 spiro atoms. The highest BCUT2D eigenvalue weighted by Crippen LogP contribution is 2.22. The van der Waals surface area contributed by atoms with Gasteiger partial charge in [-0.2, -0.15) is 0 Å². The van der Waals surface area contributed by atoms with Gasteiger partial charge in [-0.25, -0.2) is 0 Å². The second kappa shape index (κ2) is 10.1. The zero-order valence-electron chi connectivity index (χ0n) is 17.1. The third-order valence-corrected chi connectivity index (χ3v) is 5.15. The van der Waals surface area contributed by atoms with Crippen molar-refractivity contribution in [2.45, 2.75) is 20.8 Å². The fourth-order valence-corrected chi connectivity index (χ4v) is 3.09. The first-order valence-electron chi connectivity index (χ1n) is 9.72. The lowest BCUT2D eigenvalue weighted by Crippen LogP contribution is -1.89. The standard InChI is InChI=1S/C14H15N.C13H11Br/c1-11-3-7-13(8-4-11)15-14-9-5-12(2)6-10-14;1-10-2-4-11(5-3-10)12-6-8-13(14)9-7-12/h3-10,15H,1-2H3;2-9H,1H3. The second-order valence-electron chi connectivity index (χ2n) is 7.23. The number of benzene rings is 4. The van der Waals surface area contributed by atoms with Gasteiger partial charge in [-0.3, -0.25) is 0 Å². The maximum absolute atomic E-state index is 3.43. The van der Waals surface area contributed by atoms with E-state index in [-0.39, 0.29) is 0 Å². The maximum Gasteiger partial charge on any atom is 0.0384 e. The Balaban J connectivity index is 0.000000166. The number of nitrogens with one attached hydrogen (secondary N) is 1. The molecule has 4 rings (SSSR count). The van der Waals surface area contributed by atoms with E-state index in [0.29, 0.717) is 0 Å². The smallest absolute Gasteiger partial charge is 0.0384 e. The van der Waals surface area contributed by atoms with E-state index in [0.717, 1.165) is 15.8 Å². The van der Waals surface area contributed by atoms with Gasteiger partial charge in [-0.1, -0.05) is 93.3 Å². The van der Waals surface area contributed by atoms with Crippen molar-refractivity contribution in [3.63, 3.8) is 0 Å². The zero-order valence-corrected chi connectivity index (χ0v) is 18.7. The highest BCUT2D eigenvalue weighted by Gasteiger charge is 1.96. The number of rotatable bonds is 3. The summed E-state index contributed by atoms with van der Waals surface area (Å²) in [5.41, 5.74) is 8.64. The largest absolute Gasteiger partial charge is 0.356 e. The highest BCUT2D eigenvalue weighted by molar-refractivity contribution is 9.10. The van der Waals surface area contributed by atoms with Gasteiger partial charge in [0.1, 0.15) is 0 Å². The molecule has 0 aliphatic rings. The Morgan fingerprint density at radius 3 is 1.14 bits per heavy atom. The van der Waals surface area contributed by atoms with Gasteiger partial charge in [-0.15, -0.1) is 0 Å². The van der Waals surface area contributed by atoms with Crippen LogP contribution < -0.4 is 5.32 Å². The predicted octanol–water partition coefficient (Wildman–Crippen LogP) is 8.47. The molecule has 1 N–H and O–H groups in total. The molecule has 0 aromatic heterocycles. The molecule has 2 heteroatoms. The summed E-state index contributed by atoms with van der Waals surface area (Å²) in [4.78, 5) is 0. The molecule has 0 aliphatic heterocycles. The zero-order chi connectivity index (χ0) is 20.6. The van der Waals surface area contributed by atoms with E-state index in [2.05, 4.69) is 139 Å². The third kappa shape index (κ3) is 6.62. The van der Waals surface area contributed by atoms with Gasteiger partial charge >= 0.3 is 0 Å². The Hall–Kier alpha value is -2.84. The molecule has 0 unspecified atom stereocenters. The van der Waals surface area contributed by atoms with Gasteiger partial charge < -0.3 is 5.32 Å². The van der Waals surface area contributed by atoms with Gasteiger partial charge in [0.15, 0.2) is 0 Å². The minimum atomic E-state index is 1.12. The summed E-state index contributed by atoms with van der Waals surface area (Å²) < 4.78 is 1.12. The van der Waals surface area contributed by atoms with Gasteiger partial charge in [0.25, 0.3) is 0 Å². The highest BCUT2D eigenvalue weighted by atomic mass is 79.9. The SMILES string of the molecule is Cc1ccc(-c2ccc(Br)cc2)cc1.Cc1ccc(Nc2ccc(C)cc2)cc1. The Morgan fingerprint density at radius 2 is 0.759 bits per heavy atom. The van der Waals surface area contributed by atoms with Crippen molar-refractivity contribution >= 4 is 27.3 Å². The summed E-state index contributed by atoms with van der Waals surface area (Å²) in [6.45, 7) is 6.29. The second-order valence-corrected chi connectivity index (χ2v) is 8.15. The average Bonchev–Trinajstić information content (AvgIpc) is 2.73. The fraction of sp³-hybridized carbons (Fsp3) is 0.111. The molecule has 0 amide bonds. The molecule has 146 valence electrons. The quantitative estimate of drug-likeness (QED) is 0.334. The van der Waals surface area contributed by atoms with Crippen LogP contribution in [0.25, 0.3) is 11.1 Å². The van der Waals surface area contributed by atoms with Gasteiger partial charge in [0, 0.05) is 15.8 Å². The fourth-order valence-electron chi connectivity index (χ4n) is 2.83. The monoisotopic (exact) mass is 443 g/mol. The molecule has 4 aromatic rings. The van der Waals surface area contributed by atoms with Crippen molar-refractivity contribution in [1.82, 2.24) is 0 Å². The lowest BCUT2D eigenvalue weighted by atomic mass is 10.0. The normalized spacial score (nSPS) is 10.1. The number of aryl methyl sites for hydroxylation is 3. The summed E-state index contributed by atoms with van der Waals surface area (Å²) in [6, 6.07) is 33.7. The van der Waals surface area contributed by atoms with Crippen molar-refractivity contribution < 1.29 is 0 Å². The summed E-state index contributed by atoms with van der Waals surface area (Å²) in [7, 11) is 0. The molecule has 0 radical (unpaired) electrons. The van der Waals surface area contributed by atoms with E-state index in [1.54, 1.807) is 0 Å². The van der Waals surface area contributed by atoms with Crippen molar-refractivity contribution in [3.05, 3.63) is 118 Å². The summed E-state index contributed by atoms with van der Waals surface area (Å²) >= 11 is 3.43. The van der Waals surface area contributed by atoms with Crippen LogP contribution in [0.1, 0.15) is 16.7 Å². The molecular weight excluding hydrogens is 418 g/mol. The Bertz CT molecular complexity index is 929. The maximum atomic E-state index is 3.43. The van der Waals surface area contributed by atoms with Crippen LogP contribution in [0.2, 0.25) is 0 Å².